The largest absolute Gasteiger partial charge is 0.497 e. The van der Waals surface area contributed by atoms with E-state index in [0.717, 1.165) is 22.3 Å². The molecule has 1 aliphatic heterocycles. The Kier molecular flexibility index (Phi) is 4.81. The molecule has 2 atom stereocenters. The lowest BCUT2D eigenvalue weighted by molar-refractivity contribution is 0.00863. The van der Waals surface area contributed by atoms with E-state index in [-0.39, 0.29) is 6.61 Å². The molecule has 2 aromatic heterocycles. The summed E-state index contributed by atoms with van der Waals surface area (Å²) in [4.78, 5) is 13.7. The first-order valence-electron chi connectivity index (χ1n) is 8.61. The van der Waals surface area contributed by atoms with Gasteiger partial charge in [0.1, 0.15) is 30.5 Å². The normalized spacial score (nSPS) is 20.7. The number of halogens is 1. The van der Waals surface area contributed by atoms with E-state index in [1.807, 2.05) is 30.3 Å². The molecule has 0 amide bonds. The summed E-state index contributed by atoms with van der Waals surface area (Å²) in [6, 6.07) is 9.68. The van der Waals surface area contributed by atoms with Gasteiger partial charge < -0.3 is 14.5 Å². The van der Waals surface area contributed by atoms with Gasteiger partial charge in [-0.15, -0.1) is 0 Å². The molecule has 1 fully saturated rings. The van der Waals surface area contributed by atoms with Crippen LogP contribution in [-0.4, -0.2) is 52.3 Å². The summed E-state index contributed by atoms with van der Waals surface area (Å²) >= 11 is 0. The Labute approximate surface area is 151 Å². The van der Waals surface area contributed by atoms with Crippen molar-refractivity contribution in [2.45, 2.75) is 25.4 Å². The fraction of sp³-hybridized carbons (Fsp3) is 0.368. The first-order valence-corrected chi connectivity index (χ1v) is 8.61. The Morgan fingerprint density at radius 1 is 1.31 bits per heavy atom. The number of likely N-dealkylation sites (tertiary alicyclic amines) is 1. The molecular formula is C19H21FN4O2. The van der Waals surface area contributed by atoms with E-state index in [2.05, 4.69) is 19.9 Å². The summed E-state index contributed by atoms with van der Waals surface area (Å²) in [6.07, 6.45) is 1.95. The van der Waals surface area contributed by atoms with E-state index >= 15 is 0 Å². The third-order valence-corrected chi connectivity index (χ3v) is 4.58. The molecule has 3 heterocycles. The number of pyridine rings is 1. The number of aromatic amines is 1. The van der Waals surface area contributed by atoms with Crippen LogP contribution in [0.5, 0.6) is 5.75 Å². The molecule has 0 saturated carbocycles. The number of alkyl halides is 1. The molecule has 0 aliphatic carbocycles. The van der Waals surface area contributed by atoms with E-state index < -0.39 is 12.3 Å². The molecule has 1 aliphatic rings. The van der Waals surface area contributed by atoms with Gasteiger partial charge in [-0.2, -0.15) is 0 Å². The third-order valence-electron chi connectivity index (χ3n) is 4.58. The van der Waals surface area contributed by atoms with E-state index in [4.69, 9.17) is 9.47 Å². The molecule has 3 aromatic rings. The number of fused-ring (bicyclic) bond motifs is 1. The average Bonchev–Trinajstić information content (AvgIpc) is 3.22. The number of rotatable bonds is 6. The lowest BCUT2D eigenvalue weighted by Gasteiger charge is -2.16. The third kappa shape index (κ3) is 3.68. The molecule has 1 N–H and O–H groups in total. The monoisotopic (exact) mass is 356 g/mol. The van der Waals surface area contributed by atoms with E-state index in [9.17, 15) is 4.39 Å². The van der Waals surface area contributed by atoms with Crippen molar-refractivity contribution in [3.8, 4) is 5.75 Å². The first-order chi connectivity index (χ1) is 12.7. The number of H-pyrrole nitrogens is 1. The summed E-state index contributed by atoms with van der Waals surface area (Å²) in [6.45, 7) is 1.85. The van der Waals surface area contributed by atoms with Gasteiger partial charge in [-0.25, -0.2) is 9.37 Å². The minimum absolute atomic E-state index is 0.257. The molecule has 4 rings (SSSR count). The Balaban J connectivity index is 1.34. The highest BCUT2D eigenvalue weighted by Gasteiger charge is 2.33. The summed E-state index contributed by atoms with van der Waals surface area (Å²) in [5.41, 5.74) is 2.79. The molecule has 6 nitrogen and oxygen atoms in total. The van der Waals surface area contributed by atoms with Crippen LogP contribution in [0.3, 0.4) is 0 Å². The second-order valence-electron chi connectivity index (χ2n) is 6.49. The van der Waals surface area contributed by atoms with Gasteiger partial charge in [0.15, 0.2) is 0 Å². The minimum atomic E-state index is -1.01. The quantitative estimate of drug-likeness (QED) is 0.736. The number of hydrogen-bond acceptors (Lipinski definition) is 5. The molecule has 7 heteroatoms. The molecule has 1 saturated heterocycles. The highest BCUT2D eigenvalue weighted by atomic mass is 19.1. The molecule has 0 spiro atoms. The summed E-state index contributed by atoms with van der Waals surface area (Å²) in [5, 5.41) is 0. The lowest BCUT2D eigenvalue weighted by atomic mass is 10.2. The topological polar surface area (TPSA) is 63.3 Å². The number of nitrogens with zero attached hydrogens (tertiary/aromatic N) is 3. The van der Waals surface area contributed by atoms with Gasteiger partial charge in [-0.3, -0.25) is 9.88 Å². The van der Waals surface area contributed by atoms with Crippen LogP contribution in [0.1, 0.15) is 11.4 Å². The van der Waals surface area contributed by atoms with E-state index in [0.29, 0.717) is 25.5 Å². The average molecular weight is 356 g/mol. The molecule has 1 aromatic carbocycles. The molecule has 136 valence electrons. The van der Waals surface area contributed by atoms with E-state index in [1.165, 1.54) is 0 Å². The Morgan fingerprint density at radius 3 is 3.08 bits per heavy atom. The minimum Gasteiger partial charge on any atom is -0.497 e. The van der Waals surface area contributed by atoms with Gasteiger partial charge in [0.05, 0.1) is 24.3 Å². The zero-order valence-electron chi connectivity index (χ0n) is 14.6. The van der Waals surface area contributed by atoms with Crippen LogP contribution in [-0.2, 0) is 17.9 Å². The van der Waals surface area contributed by atoms with Crippen molar-refractivity contribution in [1.82, 2.24) is 19.9 Å². The number of hydrogen-bond donors (Lipinski definition) is 1. The van der Waals surface area contributed by atoms with Crippen LogP contribution < -0.4 is 4.74 Å². The molecule has 0 unspecified atom stereocenters. The molecular weight excluding hydrogens is 335 g/mol. The van der Waals surface area contributed by atoms with Crippen molar-refractivity contribution in [1.29, 1.82) is 0 Å². The Bertz CT molecular complexity index is 852. The standard InChI is InChI=1S/C19H21FN4O2/c1-25-14-4-2-3-13(7-14)9-24-10-15(20)18(11-24)26-12-19-22-16-5-6-21-8-17(16)23-19/h2-8,15,18H,9-12H2,1H3,(H,22,23)/t15-,18+/m1/s1. The second kappa shape index (κ2) is 7.39. The van der Waals surface area contributed by atoms with Crippen molar-refractivity contribution in [2.75, 3.05) is 20.2 Å². The van der Waals surface area contributed by atoms with Crippen molar-refractivity contribution >= 4 is 11.0 Å². The molecule has 0 radical (unpaired) electrons. The fourth-order valence-corrected chi connectivity index (χ4v) is 3.29. The number of ether oxygens (including phenoxy) is 2. The van der Waals surface area contributed by atoms with Crippen molar-refractivity contribution in [3.05, 3.63) is 54.1 Å². The van der Waals surface area contributed by atoms with Crippen LogP contribution in [0.4, 0.5) is 4.39 Å². The maximum absolute atomic E-state index is 14.4. The molecule has 0 bridgehead atoms. The molecule has 26 heavy (non-hydrogen) atoms. The predicted octanol–water partition coefficient (Wildman–Crippen LogP) is 2.71. The van der Waals surface area contributed by atoms with Crippen molar-refractivity contribution < 1.29 is 13.9 Å². The summed E-state index contributed by atoms with van der Waals surface area (Å²) in [5.74, 6) is 1.50. The van der Waals surface area contributed by atoms with Gasteiger partial charge in [-0.1, -0.05) is 12.1 Å². The Hall–Kier alpha value is -2.51. The van der Waals surface area contributed by atoms with Gasteiger partial charge >= 0.3 is 0 Å². The Morgan fingerprint density at radius 2 is 2.23 bits per heavy atom. The predicted molar refractivity (Wildman–Crippen MR) is 95.6 cm³/mol. The smallest absolute Gasteiger partial charge is 0.140 e. The SMILES string of the molecule is COc1cccc(CN2C[C@@H](F)[C@@H](OCc3nc4ccncc4[nH]3)C2)c1. The second-order valence-corrected chi connectivity index (χ2v) is 6.49. The maximum atomic E-state index is 14.4. The highest BCUT2D eigenvalue weighted by Crippen LogP contribution is 2.22. The number of imidazole rings is 1. The van der Waals surface area contributed by atoms with Crippen LogP contribution >= 0.6 is 0 Å². The first kappa shape index (κ1) is 16.9. The number of methoxy groups -OCH3 is 1. The van der Waals surface area contributed by atoms with Gasteiger partial charge in [0, 0.05) is 25.8 Å². The van der Waals surface area contributed by atoms with Gasteiger partial charge in [-0.05, 0) is 23.8 Å². The van der Waals surface area contributed by atoms with Crippen LogP contribution in [0.15, 0.2) is 42.7 Å². The maximum Gasteiger partial charge on any atom is 0.140 e. The zero-order chi connectivity index (χ0) is 17.9. The summed E-state index contributed by atoms with van der Waals surface area (Å²) < 4.78 is 25.4. The number of aromatic nitrogens is 3. The van der Waals surface area contributed by atoms with Gasteiger partial charge in [0.25, 0.3) is 0 Å². The van der Waals surface area contributed by atoms with Crippen molar-refractivity contribution in [2.24, 2.45) is 0 Å². The van der Waals surface area contributed by atoms with Crippen molar-refractivity contribution in [3.63, 3.8) is 0 Å². The number of benzene rings is 1. The van der Waals surface area contributed by atoms with Crippen LogP contribution in [0.2, 0.25) is 0 Å². The lowest BCUT2D eigenvalue weighted by Crippen LogP contribution is -2.24. The van der Waals surface area contributed by atoms with Crippen LogP contribution in [0.25, 0.3) is 11.0 Å². The zero-order valence-corrected chi connectivity index (χ0v) is 14.6. The van der Waals surface area contributed by atoms with E-state index in [1.54, 1.807) is 19.5 Å². The highest BCUT2D eigenvalue weighted by molar-refractivity contribution is 5.73. The number of nitrogens with one attached hydrogen (secondary N) is 1. The summed E-state index contributed by atoms with van der Waals surface area (Å²) in [7, 11) is 1.64. The van der Waals surface area contributed by atoms with Gasteiger partial charge in [0.2, 0.25) is 0 Å². The fourth-order valence-electron chi connectivity index (χ4n) is 3.29. The van der Waals surface area contributed by atoms with Crippen LogP contribution in [0, 0.1) is 0 Å².